The quantitative estimate of drug-likeness (QED) is 0.483. The van der Waals surface area contributed by atoms with Gasteiger partial charge in [-0.1, -0.05) is 31.5 Å². The first kappa shape index (κ1) is 19.3. The number of hydrogen-bond acceptors (Lipinski definition) is 6. The van der Waals surface area contributed by atoms with E-state index in [4.69, 9.17) is 0 Å². The molecule has 1 aliphatic carbocycles. The highest BCUT2D eigenvalue weighted by Gasteiger charge is 2.23. The zero-order chi connectivity index (χ0) is 19.5. The summed E-state index contributed by atoms with van der Waals surface area (Å²) in [6.45, 7) is 2.21. The van der Waals surface area contributed by atoms with Gasteiger partial charge in [-0.05, 0) is 54.6 Å². The molecule has 1 N–H and O–H groups in total. The average molecular weight is 417 g/mol. The van der Waals surface area contributed by atoms with Gasteiger partial charge in [0.2, 0.25) is 5.91 Å². The van der Waals surface area contributed by atoms with Crippen LogP contribution in [0.15, 0.2) is 35.6 Å². The number of nitrogens with zero attached hydrogens (tertiary/aromatic N) is 3. The fourth-order valence-electron chi connectivity index (χ4n) is 3.56. The second-order valence-corrected chi connectivity index (χ2v) is 8.86. The molecule has 1 aromatic carbocycles. The van der Waals surface area contributed by atoms with Crippen molar-refractivity contribution in [1.82, 2.24) is 19.7 Å². The van der Waals surface area contributed by atoms with Crippen LogP contribution in [0.5, 0.6) is 0 Å². The average Bonchev–Trinajstić information content (AvgIpc) is 3.13. The van der Waals surface area contributed by atoms with Crippen molar-refractivity contribution in [2.24, 2.45) is 5.92 Å². The summed E-state index contributed by atoms with van der Waals surface area (Å²) in [4.78, 5) is 21.1. The molecule has 1 aliphatic rings. The van der Waals surface area contributed by atoms with Gasteiger partial charge in [0, 0.05) is 11.6 Å². The van der Waals surface area contributed by atoms with E-state index in [2.05, 4.69) is 26.6 Å². The zero-order valence-corrected chi connectivity index (χ0v) is 17.2. The van der Waals surface area contributed by atoms with Crippen molar-refractivity contribution in [2.75, 3.05) is 5.75 Å². The Labute approximate surface area is 171 Å². The molecule has 146 valence electrons. The van der Waals surface area contributed by atoms with E-state index in [-0.39, 0.29) is 17.8 Å². The first-order chi connectivity index (χ1) is 13.6. The summed E-state index contributed by atoms with van der Waals surface area (Å²) in [5.74, 6) is 0.610. The first-order valence-corrected chi connectivity index (χ1v) is 11.2. The Morgan fingerprint density at radius 2 is 2.04 bits per heavy atom. The van der Waals surface area contributed by atoms with E-state index in [0.717, 1.165) is 27.2 Å². The van der Waals surface area contributed by atoms with Gasteiger partial charge >= 0.3 is 0 Å². The van der Waals surface area contributed by atoms with Crippen molar-refractivity contribution < 1.29 is 9.18 Å². The van der Waals surface area contributed by atoms with Gasteiger partial charge in [-0.2, -0.15) is 4.37 Å². The molecule has 0 spiro atoms. The molecule has 2 atom stereocenters. The molecule has 1 fully saturated rings. The highest BCUT2D eigenvalue weighted by Crippen LogP contribution is 2.34. The molecule has 0 radical (unpaired) electrons. The molecule has 5 nitrogen and oxygen atoms in total. The van der Waals surface area contributed by atoms with Crippen LogP contribution in [0.1, 0.15) is 32.6 Å². The minimum Gasteiger partial charge on any atom is -0.352 e. The fourth-order valence-corrected chi connectivity index (χ4v) is 5.29. The van der Waals surface area contributed by atoms with Crippen molar-refractivity contribution in [3.8, 4) is 11.3 Å². The van der Waals surface area contributed by atoms with Gasteiger partial charge in [0.1, 0.15) is 33.1 Å². The van der Waals surface area contributed by atoms with Gasteiger partial charge in [-0.3, -0.25) is 4.79 Å². The Kier molecular flexibility index (Phi) is 5.87. The van der Waals surface area contributed by atoms with Crippen LogP contribution >= 0.6 is 23.3 Å². The van der Waals surface area contributed by atoms with E-state index in [9.17, 15) is 9.18 Å². The van der Waals surface area contributed by atoms with Crippen LogP contribution in [-0.2, 0) is 4.79 Å². The monoisotopic (exact) mass is 416 g/mol. The van der Waals surface area contributed by atoms with E-state index >= 15 is 0 Å². The summed E-state index contributed by atoms with van der Waals surface area (Å²) in [6, 6.07) is 6.48. The predicted octanol–water partition coefficient (Wildman–Crippen LogP) is 4.68. The second-order valence-electron chi connectivity index (χ2n) is 7.12. The van der Waals surface area contributed by atoms with Gasteiger partial charge < -0.3 is 5.32 Å². The molecule has 2 unspecified atom stereocenters. The molecular weight excluding hydrogens is 395 g/mol. The lowest BCUT2D eigenvalue weighted by molar-refractivity contribution is -0.119. The Bertz CT molecular complexity index is 976. The number of fused-ring (bicyclic) bond motifs is 1. The highest BCUT2D eigenvalue weighted by molar-refractivity contribution is 8.00. The predicted molar refractivity (Wildman–Crippen MR) is 111 cm³/mol. The minimum absolute atomic E-state index is 0.0405. The lowest BCUT2D eigenvalue weighted by Gasteiger charge is -2.29. The lowest BCUT2D eigenvalue weighted by atomic mass is 9.86. The minimum atomic E-state index is -0.285. The molecule has 1 amide bonds. The third-order valence-electron chi connectivity index (χ3n) is 5.14. The second kappa shape index (κ2) is 8.53. The maximum absolute atomic E-state index is 13.2. The van der Waals surface area contributed by atoms with Gasteiger partial charge in [0.25, 0.3) is 0 Å². The van der Waals surface area contributed by atoms with Gasteiger partial charge in [0.05, 0.1) is 5.75 Å². The van der Waals surface area contributed by atoms with Crippen molar-refractivity contribution >= 4 is 39.4 Å². The summed E-state index contributed by atoms with van der Waals surface area (Å²) in [5, 5.41) is 3.92. The van der Waals surface area contributed by atoms with Crippen molar-refractivity contribution in [1.29, 1.82) is 0 Å². The van der Waals surface area contributed by atoms with Crippen LogP contribution in [-0.4, -0.2) is 32.0 Å². The van der Waals surface area contributed by atoms with Gasteiger partial charge in [0.15, 0.2) is 0 Å². The van der Waals surface area contributed by atoms with E-state index in [0.29, 0.717) is 17.4 Å². The Morgan fingerprint density at radius 1 is 1.25 bits per heavy atom. The lowest BCUT2D eigenvalue weighted by Crippen LogP contribution is -2.41. The summed E-state index contributed by atoms with van der Waals surface area (Å²) in [5.41, 5.74) is 2.26. The molecule has 3 aromatic rings. The van der Waals surface area contributed by atoms with Crippen LogP contribution < -0.4 is 5.32 Å². The number of carbonyl (C=O) groups is 1. The van der Waals surface area contributed by atoms with E-state index in [1.807, 2.05) is 0 Å². The van der Waals surface area contributed by atoms with Crippen LogP contribution in [0.4, 0.5) is 4.39 Å². The number of halogens is 1. The van der Waals surface area contributed by atoms with E-state index in [1.54, 1.807) is 12.1 Å². The first-order valence-electron chi connectivity index (χ1n) is 9.40. The van der Waals surface area contributed by atoms with E-state index in [1.165, 1.54) is 61.0 Å². The molecule has 2 heterocycles. The van der Waals surface area contributed by atoms with Crippen LogP contribution in [0.3, 0.4) is 0 Å². The summed E-state index contributed by atoms with van der Waals surface area (Å²) in [6.07, 6.45) is 6.17. The summed E-state index contributed by atoms with van der Waals surface area (Å²) < 4.78 is 18.5. The van der Waals surface area contributed by atoms with Crippen molar-refractivity contribution in [3.63, 3.8) is 0 Å². The molecule has 0 bridgehead atoms. The number of carbonyl (C=O) groups excluding carboxylic acids is 1. The number of benzene rings is 1. The highest BCUT2D eigenvalue weighted by atomic mass is 32.2. The normalized spacial score (nSPS) is 19.6. The maximum Gasteiger partial charge on any atom is 0.230 e. The zero-order valence-electron chi connectivity index (χ0n) is 15.5. The van der Waals surface area contributed by atoms with Crippen LogP contribution in [0.25, 0.3) is 21.5 Å². The SMILES string of the molecule is CC1CCCCC1NC(=O)CSc1ncnc2c(-c3ccc(F)cc3)nsc12. The Balaban J connectivity index is 1.47. The number of rotatable bonds is 5. The number of hydrogen-bond donors (Lipinski definition) is 1. The molecule has 28 heavy (non-hydrogen) atoms. The molecular formula is C20H21FN4OS2. The maximum atomic E-state index is 13.2. The molecule has 2 aromatic heterocycles. The molecule has 0 saturated heterocycles. The van der Waals surface area contributed by atoms with E-state index < -0.39 is 0 Å². The Morgan fingerprint density at radius 3 is 2.82 bits per heavy atom. The van der Waals surface area contributed by atoms with Crippen molar-refractivity contribution in [3.05, 3.63) is 36.4 Å². The smallest absolute Gasteiger partial charge is 0.230 e. The van der Waals surface area contributed by atoms with Gasteiger partial charge in [-0.25, -0.2) is 14.4 Å². The number of thioether (sulfide) groups is 1. The number of aromatic nitrogens is 3. The van der Waals surface area contributed by atoms with Crippen LogP contribution in [0, 0.1) is 11.7 Å². The largest absolute Gasteiger partial charge is 0.352 e. The third kappa shape index (κ3) is 4.17. The molecule has 4 rings (SSSR count). The molecule has 8 heteroatoms. The van der Waals surface area contributed by atoms with Gasteiger partial charge in [-0.15, -0.1) is 0 Å². The third-order valence-corrected chi connectivity index (χ3v) is 7.10. The Hall–Kier alpha value is -2.06. The van der Waals surface area contributed by atoms with Crippen LogP contribution in [0.2, 0.25) is 0 Å². The summed E-state index contributed by atoms with van der Waals surface area (Å²) >= 11 is 2.71. The number of amides is 1. The number of nitrogens with one attached hydrogen (secondary N) is 1. The molecule has 1 saturated carbocycles. The molecule has 0 aliphatic heterocycles. The van der Waals surface area contributed by atoms with Crippen molar-refractivity contribution in [2.45, 2.75) is 43.7 Å². The topological polar surface area (TPSA) is 67.8 Å². The summed E-state index contributed by atoms with van der Waals surface area (Å²) in [7, 11) is 0. The standard InChI is InChI=1S/C20H21FN4OS2/c1-12-4-2-3-5-15(12)24-16(26)10-27-20-19-18(22-11-23-20)17(25-28-19)13-6-8-14(21)9-7-13/h6-9,11-12,15H,2-5,10H2,1H3,(H,24,26). The fraction of sp³-hybridized carbons (Fsp3) is 0.400.